The number of nitrogens with zero attached hydrogens (tertiary/aromatic N) is 1. The maximum atomic E-state index is 8.81. The first kappa shape index (κ1) is 12.0. The molecule has 0 unspecified atom stereocenters. The summed E-state index contributed by atoms with van der Waals surface area (Å²) in [5.41, 5.74) is 7.94. The summed E-state index contributed by atoms with van der Waals surface area (Å²) >= 11 is 0. The fourth-order valence-electron chi connectivity index (χ4n) is 1.61. The van der Waals surface area contributed by atoms with Crippen LogP contribution in [0.5, 0.6) is 0 Å². The molecule has 0 atom stereocenters. The Morgan fingerprint density at radius 1 is 1.40 bits per heavy atom. The van der Waals surface area contributed by atoms with E-state index in [0.717, 1.165) is 25.1 Å². The van der Waals surface area contributed by atoms with Gasteiger partial charge in [-0.25, -0.2) is 0 Å². The average molecular weight is 208 g/mol. The SMILES string of the molecule is CCN(CCCO)c1cccc(CN)c1. The van der Waals surface area contributed by atoms with Crippen LogP contribution in [0.3, 0.4) is 0 Å². The smallest absolute Gasteiger partial charge is 0.0447 e. The van der Waals surface area contributed by atoms with Gasteiger partial charge in [-0.3, -0.25) is 0 Å². The predicted molar refractivity (Wildman–Crippen MR) is 63.9 cm³/mol. The molecule has 15 heavy (non-hydrogen) atoms. The van der Waals surface area contributed by atoms with Gasteiger partial charge in [-0.2, -0.15) is 0 Å². The van der Waals surface area contributed by atoms with Crippen LogP contribution in [-0.2, 0) is 6.54 Å². The second kappa shape index (κ2) is 6.43. The Bertz CT molecular complexity index is 289. The van der Waals surface area contributed by atoms with Gasteiger partial charge in [-0.1, -0.05) is 12.1 Å². The Hall–Kier alpha value is -1.06. The number of aliphatic hydroxyl groups excluding tert-OH is 1. The minimum Gasteiger partial charge on any atom is -0.396 e. The normalized spacial score (nSPS) is 10.3. The summed E-state index contributed by atoms with van der Waals surface area (Å²) in [6.07, 6.45) is 0.806. The van der Waals surface area contributed by atoms with Crippen LogP contribution in [0, 0.1) is 0 Å². The molecule has 84 valence electrons. The number of anilines is 1. The first-order valence-electron chi connectivity index (χ1n) is 5.46. The molecule has 0 aliphatic carbocycles. The number of benzene rings is 1. The Morgan fingerprint density at radius 3 is 2.80 bits per heavy atom. The Kier molecular flexibility index (Phi) is 5.15. The fraction of sp³-hybridized carbons (Fsp3) is 0.500. The molecule has 0 saturated carbocycles. The molecule has 0 aromatic heterocycles. The summed E-state index contributed by atoms with van der Waals surface area (Å²) in [5.74, 6) is 0. The molecule has 0 amide bonds. The first-order valence-corrected chi connectivity index (χ1v) is 5.46. The van der Waals surface area contributed by atoms with Gasteiger partial charge in [0.2, 0.25) is 0 Å². The van der Waals surface area contributed by atoms with E-state index in [1.54, 1.807) is 0 Å². The lowest BCUT2D eigenvalue weighted by Gasteiger charge is -2.23. The highest BCUT2D eigenvalue weighted by molar-refractivity contribution is 5.48. The molecule has 3 heteroatoms. The van der Waals surface area contributed by atoms with Crippen LogP contribution < -0.4 is 10.6 Å². The van der Waals surface area contributed by atoms with Gasteiger partial charge in [0.15, 0.2) is 0 Å². The zero-order chi connectivity index (χ0) is 11.1. The Balaban J connectivity index is 2.72. The molecule has 1 aromatic rings. The largest absolute Gasteiger partial charge is 0.396 e. The van der Waals surface area contributed by atoms with Crippen LogP contribution in [0.25, 0.3) is 0 Å². The van der Waals surface area contributed by atoms with Crippen molar-refractivity contribution in [3.05, 3.63) is 29.8 Å². The third kappa shape index (κ3) is 3.53. The lowest BCUT2D eigenvalue weighted by atomic mass is 10.2. The third-order valence-corrected chi connectivity index (χ3v) is 2.48. The summed E-state index contributed by atoms with van der Waals surface area (Å²) in [6.45, 7) is 4.78. The average Bonchev–Trinajstić information content (AvgIpc) is 2.30. The van der Waals surface area contributed by atoms with Gasteiger partial charge in [0.1, 0.15) is 0 Å². The summed E-state index contributed by atoms with van der Waals surface area (Å²) in [7, 11) is 0. The van der Waals surface area contributed by atoms with Crippen molar-refractivity contribution in [2.75, 3.05) is 24.6 Å². The maximum Gasteiger partial charge on any atom is 0.0447 e. The summed E-state index contributed by atoms with van der Waals surface area (Å²) in [5, 5.41) is 8.81. The van der Waals surface area contributed by atoms with Crippen molar-refractivity contribution < 1.29 is 5.11 Å². The number of aliphatic hydroxyl groups is 1. The van der Waals surface area contributed by atoms with Crippen LogP contribution in [0.2, 0.25) is 0 Å². The van der Waals surface area contributed by atoms with Crippen molar-refractivity contribution in [3.63, 3.8) is 0 Å². The molecular weight excluding hydrogens is 188 g/mol. The van der Waals surface area contributed by atoms with E-state index in [-0.39, 0.29) is 6.61 Å². The van der Waals surface area contributed by atoms with Gasteiger partial charge < -0.3 is 15.7 Å². The molecule has 0 radical (unpaired) electrons. The highest BCUT2D eigenvalue weighted by Gasteiger charge is 2.03. The molecule has 0 spiro atoms. The van der Waals surface area contributed by atoms with E-state index < -0.39 is 0 Å². The van der Waals surface area contributed by atoms with Crippen molar-refractivity contribution in [1.82, 2.24) is 0 Å². The van der Waals surface area contributed by atoms with Gasteiger partial charge in [0.05, 0.1) is 0 Å². The molecule has 3 nitrogen and oxygen atoms in total. The minimum absolute atomic E-state index is 0.243. The fourth-order valence-corrected chi connectivity index (χ4v) is 1.61. The molecule has 3 N–H and O–H groups in total. The topological polar surface area (TPSA) is 49.5 Å². The molecule has 0 aliphatic rings. The van der Waals surface area contributed by atoms with Crippen LogP contribution in [0.15, 0.2) is 24.3 Å². The zero-order valence-corrected chi connectivity index (χ0v) is 9.32. The summed E-state index contributed by atoms with van der Waals surface area (Å²) < 4.78 is 0. The quantitative estimate of drug-likeness (QED) is 0.742. The van der Waals surface area contributed by atoms with Gasteiger partial charge in [-0.05, 0) is 31.0 Å². The zero-order valence-electron chi connectivity index (χ0n) is 9.32. The van der Waals surface area contributed by atoms with Crippen LogP contribution in [0.4, 0.5) is 5.69 Å². The molecular formula is C12H20N2O. The van der Waals surface area contributed by atoms with Gasteiger partial charge in [-0.15, -0.1) is 0 Å². The van der Waals surface area contributed by atoms with Crippen molar-refractivity contribution in [1.29, 1.82) is 0 Å². The van der Waals surface area contributed by atoms with E-state index in [2.05, 4.69) is 24.0 Å². The van der Waals surface area contributed by atoms with Crippen molar-refractivity contribution >= 4 is 5.69 Å². The minimum atomic E-state index is 0.243. The molecule has 0 fully saturated rings. The van der Waals surface area contributed by atoms with Gasteiger partial charge >= 0.3 is 0 Å². The molecule has 0 heterocycles. The predicted octanol–water partition coefficient (Wildman–Crippen LogP) is 1.35. The van der Waals surface area contributed by atoms with Crippen LogP contribution in [-0.4, -0.2) is 24.8 Å². The Labute approximate surface area is 91.5 Å². The van der Waals surface area contributed by atoms with Gasteiger partial charge in [0, 0.05) is 31.9 Å². The van der Waals surface area contributed by atoms with E-state index in [0.29, 0.717) is 6.54 Å². The second-order valence-electron chi connectivity index (χ2n) is 3.53. The summed E-state index contributed by atoms with van der Waals surface area (Å²) in [6, 6.07) is 8.25. The molecule has 0 bridgehead atoms. The van der Waals surface area contributed by atoms with E-state index in [4.69, 9.17) is 10.8 Å². The second-order valence-corrected chi connectivity index (χ2v) is 3.53. The first-order chi connectivity index (χ1) is 7.31. The highest BCUT2D eigenvalue weighted by Crippen LogP contribution is 2.16. The third-order valence-electron chi connectivity index (χ3n) is 2.48. The molecule has 1 aromatic carbocycles. The Morgan fingerprint density at radius 2 is 2.20 bits per heavy atom. The van der Waals surface area contributed by atoms with Crippen molar-refractivity contribution in [3.8, 4) is 0 Å². The summed E-state index contributed by atoms with van der Waals surface area (Å²) in [4.78, 5) is 2.25. The number of hydrogen-bond donors (Lipinski definition) is 2. The number of nitrogens with two attached hydrogens (primary N) is 1. The lowest BCUT2D eigenvalue weighted by molar-refractivity contribution is 0.289. The van der Waals surface area contributed by atoms with Crippen LogP contribution in [0.1, 0.15) is 18.9 Å². The monoisotopic (exact) mass is 208 g/mol. The molecule has 0 saturated heterocycles. The standard InChI is InChI=1S/C12H20N2O/c1-2-14(7-4-8-15)12-6-3-5-11(9-12)10-13/h3,5-6,9,15H,2,4,7-8,10,13H2,1H3. The highest BCUT2D eigenvalue weighted by atomic mass is 16.3. The lowest BCUT2D eigenvalue weighted by Crippen LogP contribution is -2.24. The van der Waals surface area contributed by atoms with E-state index in [9.17, 15) is 0 Å². The van der Waals surface area contributed by atoms with E-state index in [1.165, 1.54) is 5.69 Å². The van der Waals surface area contributed by atoms with Gasteiger partial charge in [0.25, 0.3) is 0 Å². The van der Waals surface area contributed by atoms with Crippen LogP contribution >= 0.6 is 0 Å². The van der Waals surface area contributed by atoms with E-state index in [1.807, 2.05) is 12.1 Å². The number of rotatable bonds is 6. The molecule has 0 aliphatic heterocycles. The van der Waals surface area contributed by atoms with E-state index >= 15 is 0 Å². The number of hydrogen-bond acceptors (Lipinski definition) is 3. The van der Waals surface area contributed by atoms with Crippen molar-refractivity contribution in [2.24, 2.45) is 5.73 Å². The maximum absolute atomic E-state index is 8.81. The van der Waals surface area contributed by atoms with Crippen molar-refractivity contribution in [2.45, 2.75) is 19.9 Å². The molecule has 1 rings (SSSR count).